The lowest BCUT2D eigenvalue weighted by molar-refractivity contribution is 0.108. The highest BCUT2D eigenvalue weighted by molar-refractivity contribution is 9.10. The average molecular weight is 321 g/mol. The first-order chi connectivity index (χ1) is 8.69. The van der Waals surface area contributed by atoms with Gasteiger partial charge in [-0.2, -0.15) is 0 Å². The summed E-state index contributed by atoms with van der Waals surface area (Å²) in [6.07, 6.45) is 0.766. The van der Waals surface area contributed by atoms with Crippen LogP contribution in [0.2, 0.25) is 0 Å². The summed E-state index contributed by atoms with van der Waals surface area (Å²) in [6, 6.07) is 14.3. The van der Waals surface area contributed by atoms with Crippen LogP contribution >= 0.6 is 27.7 Å². The summed E-state index contributed by atoms with van der Waals surface area (Å²) in [4.78, 5) is 23.5. The fourth-order valence-electron chi connectivity index (χ4n) is 1.45. The molecule has 0 saturated heterocycles. The van der Waals surface area contributed by atoms with Gasteiger partial charge in [-0.25, -0.2) is 0 Å². The van der Waals surface area contributed by atoms with Crippen LogP contribution in [0.1, 0.15) is 20.7 Å². The first kappa shape index (κ1) is 13.1. The minimum Gasteiger partial charge on any atom is -0.298 e. The molecular weight excluding hydrogens is 312 g/mol. The van der Waals surface area contributed by atoms with Crippen molar-refractivity contribution in [1.82, 2.24) is 0 Å². The molecule has 0 unspecified atom stereocenters. The third kappa shape index (κ3) is 3.31. The Labute approximate surface area is 118 Å². The van der Waals surface area contributed by atoms with Gasteiger partial charge in [0, 0.05) is 20.5 Å². The van der Waals surface area contributed by atoms with Crippen LogP contribution in [0.25, 0.3) is 0 Å². The molecule has 2 nitrogen and oxygen atoms in total. The standard InChI is InChI=1S/C14H9BrO2S/c15-12-6-10(9-16)7-13(8-12)18-14(17)11-4-2-1-3-5-11/h1-9H. The molecule has 90 valence electrons. The van der Waals surface area contributed by atoms with Gasteiger partial charge >= 0.3 is 0 Å². The first-order valence-corrected chi connectivity index (χ1v) is 6.83. The quantitative estimate of drug-likeness (QED) is 0.628. The van der Waals surface area contributed by atoms with E-state index in [-0.39, 0.29) is 5.12 Å². The smallest absolute Gasteiger partial charge is 0.224 e. The van der Waals surface area contributed by atoms with Crippen molar-refractivity contribution in [2.45, 2.75) is 4.90 Å². The van der Waals surface area contributed by atoms with Crippen molar-refractivity contribution < 1.29 is 9.59 Å². The van der Waals surface area contributed by atoms with Gasteiger partial charge in [0.05, 0.1) is 0 Å². The minimum absolute atomic E-state index is 0.0365. The predicted octanol–water partition coefficient (Wildman–Crippen LogP) is 4.19. The summed E-state index contributed by atoms with van der Waals surface area (Å²) < 4.78 is 0.787. The highest BCUT2D eigenvalue weighted by Crippen LogP contribution is 2.26. The van der Waals surface area contributed by atoms with Gasteiger partial charge in [0.15, 0.2) is 0 Å². The Hall–Kier alpha value is -1.39. The second-order valence-electron chi connectivity index (χ2n) is 3.59. The van der Waals surface area contributed by atoms with Crippen molar-refractivity contribution in [2.24, 2.45) is 0 Å². The normalized spacial score (nSPS) is 10.1. The van der Waals surface area contributed by atoms with Crippen molar-refractivity contribution in [1.29, 1.82) is 0 Å². The summed E-state index contributed by atoms with van der Waals surface area (Å²) in [7, 11) is 0. The van der Waals surface area contributed by atoms with E-state index in [9.17, 15) is 9.59 Å². The molecule has 0 amide bonds. The van der Waals surface area contributed by atoms with Gasteiger partial charge in [-0.15, -0.1) is 0 Å². The Balaban J connectivity index is 2.22. The van der Waals surface area contributed by atoms with E-state index in [1.165, 1.54) is 0 Å². The molecule has 0 aliphatic carbocycles. The molecule has 0 aliphatic heterocycles. The molecule has 0 saturated carbocycles. The van der Waals surface area contributed by atoms with Crippen LogP contribution in [0.3, 0.4) is 0 Å². The lowest BCUT2D eigenvalue weighted by Gasteiger charge is -2.03. The van der Waals surface area contributed by atoms with Gasteiger partial charge in [0.1, 0.15) is 6.29 Å². The second kappa shape index (κ2) is 5.98. The monoisotopic (exact) mass is 320 g/mol. The van der Waals surface area contributed by atoms with Crippen LogP contribution in [0, 0.1) is 0 Å². The maximum Gasteiger partial charge on any atom is 0.224 e. The summed E-state index contributed by atoms with van der Waals surface area (Å²) in [5.41, 5.74) is 1.20. The van der Waals surface area contributed by atoms with E-state index in [2.05, 4.69) is 15.9 Å². The van der Waals surface area contributed by atoms with Gasteiger partial charge in [-0.05, 0) is 30.0 Å². The highest BCUT2D eigenvalue weighted by atomic mass is 79.9. The summed E-state index contributed by atoms with van der Waals surface area (Å²) in [5.74, 6) is 0. The number of hydrogen-bond acceptors (Lipinski definition) is 3. The predicted molar refractivity (Wildman–Crippen MR) is 76.2 cm³/mol. The van der Waals surface area contributed by atoms with Crippen LogP contribution in [0.15, 0.2) is 57.9 Å². The molecule has 2 aromatic rings. The molecule has 0 bridgehead atoms. The van der Waals surface area contributed by atoms with Crippen LogP contribution in [0.5, 0.6) is 0 Å². The van der Waals surface area contributed by atoms with Crippen LogP contribution in [0.4, 0.5) is 0 Å². The van der Waals surface area contributed by atoms with E-state index >= 15 is 0 Å². The van der Waals surface area contributed by atoms with Crippen molar-refractivity contribution in [3.05, 3.63) is 64.1 Å². The van der Waals surface area contributed by atoms with Gasteiger partial charge in [0.25, 0.3) is 0 Å². The van der Waals surface area contributed by atoms with Crippen molar-refractivity contribution in [2.75, 3.05) is 0 Å². The average Bonchev–Trinajstić information content (AvgIpc) is 2.39. The molecule has 0 N–H and O–H groups in total. The zero-order valence-corrected chi connectivity index (χ0v) is 11.7. The molecule has 0 aromatic heterocycles. The Bertz CT molecular complexity index is 582. The first-order valence-electron chi connectivity index (χ1n) is 5.22. The largest absolute Gasteiger partial charge is 0.298 e. The molecule has 4 heteroatoms. The van der Waals surface area contributed by atoms with E-state index in [1.54, 1.807) is 24.3 Å². The summed E-state index contributed by atoms with van der Waals surface area (Å²) in [5, 5.41) is -0.0365. The van der Waals surface area contributed by atoms with E-state index < -0.39 is 0 Å². The zero-order chi connectivity index (χ0) is 13.0. The molecular formula is C14H9BrO2S. The number of carbonyl (C=O) groups is 2. The molecule has 0 fully saturated rings. The molecule has 0 aliphatic rings. The molecule has 18 heavy (non-hydrogen) atoms. The summed E-state index contributed by atoms with van der Waals surface area (Å²) >= 11 is 4.43. The fourth-order valence-corrected chi connectivity index (χ4v) is 2.96. The Morgan fingerprint density at radius 3 is 2.50 bits per heavy atom. The fraction of sp³-hybridized carbons (Fsp3) is 0. The van der Waals surface area contributed by atoms with Gasteiger partial charge in [-0.3, -0.25) is 9.59 Å². The molecule has 2 rings (SSSR count). The number of halogens is 1. The Morgan fingerprint density at radius 2 is 1.83 bits per heavy atom. The third-order valence-electron chi connectivity index (χ3n) is 2.25. The van der Waals surface area contributed by atoms with Gasteiger partial charge in [-0.1, -0.05) is 46.3 Å². The SMILES string of the molecule is O=Cc1cc(Br)cc(SC(=O)c2ccccc2)c1. The lowest BCUT2D eigenvalue weighted by Crippen LogP contribution is -1.93. The van der Waals surface area contributed by atoms with Crippen molar-refractivity contribution in [3.63, 3.8) is 0 Å². The van der Waals surface area contributed by atoms with Crippen LogP contribution in [-0.2, 0) is 0 Å². The maximum absolute atomic E-state index is 12.0. The van der Waals surface area contributed by atoms with Crippen molar-refractivity contribution in [3.8, 4) is 0 Å². The van der Waals surface area contributed by atoms with Crippen molar-refractivity contribution >= 4 is 39.1 Å². The summed E-state index contributed by atoms with van der Waals surface area (Å²) in [6.45, 7) is 0. The molecule has 0 spiro atoms. The molecule has 0 atom stereocenters. The Kier molecular flexibility index (Phi) is 4.33. The van der Waals surface area contributed by atoms with Gasteiger partial charge in [0.2, 0.25) is 5.12 Å². The maximum atomic E-state index is 12.0. The number of aldehydes is 1. The van der Waals surface area contributed by atoms with E-state index in [0.29, 0.717) is 11.1 Å². The third-order valence-corrected chi connectivity index (χ3v) is 3.60. The second-order valence-corrected chi connectivity index (χ2v) is 5.56. The number of hydrogen-bond donors (Lipinski definition) is 0. The van der Waals surface area contributed by atoms with Crippen LogP contribution in [-0.4, -0.2) is 11.4 Å². The number of rotatable bonds is 3. The van der Waals surface area contributed by atoms with Crippen LogP contribution < -0.4 is 0 Å². The molecule has 0 radical (unpaired) electrons. The van der Waals surface area contributed by atoms with E-state index in [1.807, 2.05) is 24.3 Å². The number of thioether (sulfide) groups is 1. The number of carbonyl (C=O) groups excluding carboxylic acids is 2. The topological polar surface area (TPSA) is 34.1 Å². The highest BCUT2D eigenvalue weighted by Gasteiger charge is 2.08. The van der Waals surface area contributed by atoms with E-state index in [0.717, 1.165) is 27.4 Å². The Morgan fingerprint density at radius 1 is 1.11 bits per heavy atom. The van der Waals surface area contributed by atoms with Gasteiger partial charge < -0.3 is 0 Å². The molecule has 0 heterocycles. The minimum atomic E-state index is -0.0365. The molecule has 2 aromatic carbocycles. The van der Waals surface area contributed by atoms with E-state index in [4.69, 9.17) is 0 Å². The zero-order valence-electron chi connectivity index (χ0n) is 9.30. The number of benzene rings is 2. The lowest BCUT2D eigenvalue weighted by atomic mass is 10.2.